The Balaban J connectivity index is 1.55. The van der Waals surface area contributed by atoms with Crippen molar-refractivity contribution in [3.8, 4) is 6.07 Å². The van der Waals surface area contributed by atoms with Crippen LogP contribution in [0.5, 0.6) is 0 Å². The van der Waals surface area contributed by atoms with E-state index in [1.165, 1.54) is 7.11 Å². The van der Waals surface area contributed by atoms with Gasteiger partial charge in [0.1, 0.15) is 5.56 Å². The van der Waals surface area contributed by atoms with Gasteiger partial charge in [-0.1, -0.05) is 36.4 Å². The molecule has 0 atom stereocenters. The summed E-state index contributed by atoms with van der Waals surface area (Å²) in [5, 5.41) is 17.5. The number of carbonyl (C=O) groups excluding carboxylic acids is 2. The van der Waals surface area contributed by atoms with Crippen molar-refractivity contribution in [1.29, 1.82) is 5.26 Å². The Morgan fingerprint density at radius 1 is 1.11 bits per heavy atom. The number of likely N-dealkylation sites (tertiary alicyclic amines) is 1. The molecule has 1 aliphatic heterocycles. The summed E-state index contributed by atoms with van der Waals surface area (Å²) in [7, 11) is 1.38. The number of rotatable bonds is 8. The summed E-state index contributed by atoms with van der Waals surface area (Å²) in [6, 6.07) is 19.1. The van der Waals surface area contributed by atoms with Gasteiger partial charge < -0.3 is 15.8 Å². The number of primary amides is 1. The summed E-state index contributed by atoms with van der Waals surface area (Å²) >= 11 is 0. The van der Waals surface area contributed by atoms with E-state index in [1.807, 2.05) is 48.5 Å². The van der Waals surface area contributed by atoms with Gasteiger partial charge in [0.2, 0.25) is 0 Å². The minimum absolute atomic E-state index is 0.254. The Labute approximate surface area is 204 Å². The van der Waals surface area contributed by atoms with Gasteiger partial charge in [-0.05, 0) is 36.6 Å². The van der Waals surface area contributed by atoms with Gasteiger partial charge in [-0.2, -0.15) is 10.4 Å². The molecule has 9 heteroatoms. The molecule has 0 saturated carbocycles. The molecule has 0 unspecified atom stereocenters. The number of para-hydroxylation sites is 1. The van der Waals surface area contributed by atoms with E-state index in [1.54, 1.807) is 16.9 Å². The zero-order valence-corrected chi connectivity index (χ0v) is 19.6. The molecule has 9 nitrogen and oxygen atoms in total. The van der Waals surface area contributed by atoms with Crippen LogP contribution in [0.1, 0.15) is 45.5 Å². The predicted octanol–water partition coefficient (Wildman–Crippen LogP) is 3.42. The fourth-order valence-electron chi connectivity index (χ4n) is 4.52. The summed E-state index contributed by atoms with van der Waals surface area (Å²) in [5.74, 6) is -0.570. The highest BCUT2D eigenvalue weighted by atomic mass is 16.5. The van der Waals surface area contributed by atoms with Crippen molar-refractivity contribution >= 4 is 23.4 Å². The summed E-state index contributed by atoms with van der Waals surface area (Å²) in [6.07, 6.45) is 3.22. The summed E-state index contributed by atoms with van der Waals surface area (Å²) in [4.78, 5) is 26.5. The number of aromatic nitrogens is 2. The molecule has 0 radical (unpaired) electrons. The zero-order valence-electron chi connectivity index (χ0n) is 19.6. The van der Waals surface area contributed by atoms with Gasteiger partial charge in [-0.25, -0.2) is 4.79 Å². The standard InChI is InChI=1S/C26H28N6O3/c1-35-25(34)21-10-6-5-7-19(21)17-31-15-12-26(11-14-27,13-16-31)32-18-22(23(28)33)24(30-32)29-20-8-3-2-4-9-20/h2-10,18H,11-13,15-17H2,1H3,(H2,28,33)(H,29,30). The Kier molecular flexibility index (Phi) is 7.13. The number of esters is 1. The molecule has 1 amide bonds. The van der Waals surface area contributed by atoms with Gasteiger partial charge in [0.05, 0.1) is 30.7 Å². The highest BCUT2D eigenvalue weighted by Crippen LogP contribution is 2.35. The van der Waals surface area contributed by atoms with Crippen LogP contribution in [0.15, 0.2) is 60.8 Å². The molecule has 180 valence electrons. The lowest BCUT2D eigenvalue weighted by Crippen LogP contribution is -2.46. The lowest BCUT2D eigenvalue weighted by Gasteiger charge is -2.41. The minimum atomic E-state index is -0.585. The maximum absolute atomic E-state index is 12.2. The van der Waals surface area contributed by atoms with Crippen LogP contribution in [0.4, 0.5) is 11.5 Å². The number of nitrogens with one attached hydrogen (secondary N) is 1. The van der Waals surface area contributed by atoms with E-state index in [0.29, 0.717) is 43.9 Å². The van der Waals surface area contributed by atoms with E-state index in [2.05, 4.69) is 21.4 Å². The molecule has 1 fully saturated rings. The van der Waals surface area contributed by atoms with Gasteiger partial charge >= 0.3 is 5.97 Å². The third-order valence-electron chi connectivity index (χ3n) is 6.51. The van der Waals surface area contributed by atoms with Crippen molar-refractivity contribution in [2.45, 2.75) is 31.3 Å². The molecule has 0 aliphatic carbocycles. The van der Waals surface area contributed by atoms with Crippen LogP contribution < -0.4 is 11.1 Å². The van der Waals surface area contributed by atoms with E-state index in [0.717, 1.165) is 11.3 Å². The van der Waals surface area contributed by atoms with Crippen molar-refractivity contribution in [3.05, 3.63) is 77.5 Å². The van der Waals surface area contributed by atoms with Crippen molar-refractivity contribution in [2.75, 3.05) is 25.5 Å². The second kappa shape index (κ2) is 10.4. The molecule has 35 heavy (non-hydrogen) atoms. The van der Waals surface area contributed by atoms with Gasteiger partial charge in [0.25, 0.3) is 5.91 Å². The summed E-state index contributed by atoms with van der Waals surface area (Å²) in [6.45, 7) is 2.00. The maximum Gasteiger partial charge on any atom is 0.338 e. The fraction of sp³-hybridized carbons (Fsp3) is 0.308. The van der Waals surface area contributed by atoms with Gasteiger partial charge in [0, 0.05) is 31.5 Å². The first kappa shape index (κ1) is 24.0. The molecule has 4 rings (SSSR count). The molecule has 0 spiro atoms. The monoisotopic (exact) mass is 472 g/mol. The van der Waals surface area contributed by atoms with E-state index in [-0.39, 0.29) is 18.0 Å². The Morgan fingerprint density at radius 2 is 1.80 bits per heavy atom. The Hall–Kier alpha value is -4.16. The van der Waals surface area contributed by atoms with E-state index >= 15 is 0 Å². The molecule has 0 bridgehead atoms. The van der Waals surface area contributed by atoms with Crippen LogP contribution in [0.25, 0.3) is 0 Å². The number of amides is 1. The lowest BCUT2D eigenvalue weighted by molar-refractivity contribution is 0.0595. The molecule has 3 N–H and O–H groups in total. The van der Waals surface area contributed by atoms with Crippen LogP contribution in [0, 0.1) is 11.3 Å². The highest BCUT2D eigenvalue weighted by Gasteiger charge is 2.38. The van der Waals surface area contributed by atoms with E-state index in [4.69, 9.17) is 10.5 Å². The van der Waals surface area contributed by atoms with Crippen molar-refractivity contribution in [2.24, 2.45) is 5.73 Å². The molecule has 2 aromatic carbocycles. The second-order valence-electron chi connectivity index (χ2n) is 8.68. The van der Waals surface area contributed by atoms with Crippen molar-refractivity contribution < 1.29 is 14.3 Å². The molecule has 1 aromatic heterocycles. The van der Waals surface area contributed by atoms with E-state index < -0.39 is 11.4 Å². The number of nitrogens with zero attached hydrogens (tertiary/aromatic N) is 4. The first-order chi connectivity index (χ1) is 17.0. The number of methoxy groups -OCH3 is 1. The summed E-state index contributed by atoms with van der Waals surface area (Å²) < 4.78 is 6.65. The molecular formula is C26H28N6O3. The highest BCUT2D eigenvalue weighted by molar-refractivity contribution is 5.98. The number of anilines is 2. The number of nitrogens with two attached hydrogens (primary N) is 1. The lowest BCUT2D eigenvalue weighted by atomic mass is 9.84. The SMILES string of the molecule is COC(=O)c1ccccc1CN1CCC(CC#N)(n2cc(C(N)=O)c(Nc3ccccc3)n2)CC1. The molecular weight excluding hydrogens is 444 g/mol. The smallest absolute Gasteiger partial charge is 0.338 e. The maximum atomic E-state index is 12.2. The number of hydrogen-bond acceptors (Lipinski definition) is 7. The van der Waals surface area contributed by atoms with Crippen LogP contribution in [0.3, 0.4) is 0 Å². The quantitative estimate of drug-likeness (QED) is 0.481. The average Bonchev–Trinajstić information content (AvgIpc) is 3.31. The van der Waals surface area contributed by atoms with Crippen molar-refractivity contribution in [1.82, 2.24) is 14.7 Å². The molecule has 2 heterocycles. The largest absolute Gasteiger partial charge is 0.465 e. The van der Waals surface area contributed by atoms with Crippen LogP contribution >= 0.6 is 0 Å². The average molecular weight is 473 g/mol. The first-order valence-corrected chi connectivity index (χ1v) is 11.4. The van der Waals surface area contributed by atoms with Crippen LogP contribution in [-0.2, 0) is 16.8 Å². The fourth-order valence-corrected chi connectivity index (χ4v) is 4.52. The molecule has 1 saturated heterocycles. The van der Waals surface area contributed by atoms with Gasteiger partial charge in [0.15, 0.2) is 5.82 Å². The topological polar surface area (TPSA) is 126 Å². The third-order valence-corrected chi connectivity index (χ3v) is 6.51. The number of ether oxygens (including phenoxy) is 1. The zero-order chi connectivity index (χ0) is 24.8. The first-order valence-electron chi connectivity index (χ1n) is 11.4. The number of benzene rings is 2. The Bertz CT molecular complexity index is 1240. The predicted molar refractivity (Wildman–Crippen MR) is 131 cm³/mol. The second-order valence-corrected chi connectivity index (χ2v) is 8.68. The molecule has 3 aromatic rings. The number of nitriles is 1. The van der Waals surface area contributed by atoms with Crippen molar-refractivity contribution in [3.63, 3.8) is 0 Å². The number of piperidine rings is 1. The van der Waals surface area contributed by atoms with Gasteiger partial charge in [-0.15, -0.1) is 0 Å². The number of hydrogen-bond donors (Lipinski definition) is 2. The third kappa shape index (κ3) is 5.18. The van der Waals surface area contributed by atoms with Gasteiger partial charge in [-0.3, -0.25) is 14.4 Å². The van der Waals surface area contributed by atoms with Crippen LogP contribution in [0.2, 0.25) is 0 Å². The number of carbonyl (C=O) groups is 2. The minimum Gasteiger partial charge on any atom is -0.465 e. The van der Waals surface area contributed by atoms with Crippen LogP contribution in [-0.4, -0.2) is 46.8 Å². The Morgan fingerprint density at radius 3 is 2.46 bits per heavy atom. The normalized spacial score (nSPS) is 15.2. The molecule has 1 aliphatic rings. The summed E-state index contributed by atoms with van der Waals surface area (Å²) in [5.41, 5.74) is 7.60. The van der Waals surface area contributed by atoms with E-state index in [9.17, 15) is 14.9 Å².